The SMILES string of the molecule is CC(NC(=O)C=Cc1ccc(C(F)(F)F)cc1)C(C)N1CCOCC1. The molecule has 1 saturated heterocycles. The number of carbonyl (C=O) groups excluding carboxylic acids is 1. The monoisotopic (exact) mass is 356 g/mol. The van der Waals surface area contributed by atoms with Gasteiger partial charge in [-0.25, -0.2) is 0 Å². The molecule has 1 fully saturated rings. The number of nitrogens with zero attached hydrogens (tertiary/aromatic N) is 1. The molecule has 1 aliphatic rings. The van der Waals surface area contributed by atoms with Gasteiger partial charge >= 0.3 is 6.18 Å². The first-order valence-corrected chi connectivity index (χ1v) is 8.25. The van der Waals surface area contributed by atoms with Gasteiger partial charge in [-0.1, -0.05) is 12.1 Å². The van der Waals surface area contributed by atoms with Gasteiger partial charge in [0, 0.05) is 31.2 Å². The minimum atomic E-state index is -4.36. The van der Waals surface area contributed by atoms with E-state index in [4.69, 9.17) is 4.74 Å². The van der Waals surface area contributed by atoms with E-state index >= 15 is 0 Å². The summed E-state index contributed by atoms with van der Waals surface area (Å²) in [5.41, 5.74) is -0.168. The van der Waals surface area contributed by atoms with Crippen LogP contribution in [0.2, 0.25) is 0 Å². The van der Waals surface area contributed by atoms with E-state index in [0.717, 1.165) is 25.2 Å². The Labute approximate surface area is 145 Å². The largest absolute Gasteiger partial charge is 0.416 e. The summed E-state index contributed by atoms with van der Waals surface area (Å²) in [5, 5.41) is 2.89. The maximum Gasteiger partial charge on any atom is 0.416 e. The van der Waals surface area contributed by atoms with Gasteiger partial charge in [0.25, 0.3) is 0 Å². The van der Waals surface area contributed by atoms with Crippen LogP contribution in [-0.2, 0) is 15.7 Å². The summed E-state index contributed by atoms with van der Waals surface area (Å²) in [4.78, 5) is 14.3. The first kappa shape index (κ1) is 19.5. The number of benzene rings is 1. The average Bonchev–Trinajstić information content (AvgIpc) is 2.59. The van der Waals surface area contributed by atoms with Crippen molar-refractivity contribution >= 4 is 12.0 Å². The van der Waals surface area contributed by atoms with Crippen molar-refractivity contribution in [1.82, 2.24) is 10.2 Å². The molecule has 1 heterocycles. The molecule has 1 aromatic carbocycles. The molecule has 0 aromatic heterocycles. The van der Waals surface area contributed by atoms with E-state index in [9.17, 15) is 18.0 Å². The van der Waals surface area contributed by atoms with Crippen LogP contribution in [0.3, 0.4) is 0 Å². The lowest BCUT2D eigenvalue weighted by Gasteiger charge is -2.35. The summed E-state index contributed by atoms with van der Waals surface area (Å²) in [6, 6.07) is 4.80. The van der Waals surface area contributed by atoms with Crippen LogP contribution in [0.1, 0.15) is 25.0 Å². The summed E-state index contributed by atoms with van der Waals surface area (Å²) < 4.78 is 42.9. The van der Waals surface area contributed by atoms with E-state index in [0.29, 0.717) is 18.8 Å². The molecule has 1 aliphatic heterocycles. The third-order valence-electron chi connectivity index (χ3n) is 4.38. The highest BCUT2D eigenvalue weighted by Gasteiger charge is 2.29. The molecule has 1 amide bonds. The fraction of sp³-hybridized carbons (Fsp3) is 0.500. The quantitative estimate of drug-likeness (QED) is 0.825. The Morgan fingerprint density at radius 1 is 1.20 bits per heavy atom. The second-order valence-corrected chi connectivity index (χ2v) is 6.14. The smallest absolute Gasteiger partial charge is 0.379 e. The predicted octanol–water partition coefficient (Wildman–Crippen LogP) is 2.94. The van der Waals surface area contributed by atoms with Gasteiger partial charge in [0.2, 0.25) is 5.91 Å². The van der Waals surface area contributed by atoms with Gasteiger partial charge in [0.1, 0.15) is 0 Å². The van der Waals surface area contributed by atoms with Crippen LogP contribution in [0.25, 0.3) is 6.08 Å². The molecule has 25 heavy (non-hydrogen) atoms. The van der Waals surface area contributed by atoms with Crippen molar-refractivity contribution in [2.24, 2.45) is 0 Å². The second-order valence-electron chi connectivity index (χ2n) is 6.14. The van der Waals surface area contributed by atoms with Crippen molar-refractivity contribution < 1.29 is 22.7 Å². The van der Waals surface area contributed by atoms with Crippen molar-refractivity contribution in [2.75, 3.05) is 26.3 Å². The number of hydrogen-bond donors (Lipinski definition) is 1. The van der Waals surface area contributed by atoms with Crippen LogP contribution in [0.15, 0.2) is 30.3 Å². The van der Waals surface area contributed by atoms with E-state index in [-0.39, 0.29) is 18.0 Å². The molecular formula is C18H23F3N2O2. The number of morpholine rings is 1. The number of nitrogens with one attached hydrogen (secondary N) is 1. The zero-order chi connectivity index (χ0) is 18.4. The number of ether oxygens (including phenoxy) is 1. The first-order valence-electron chi connectivity index (χ1n) is 8.25. The van der Waals surface area contributed by atoms with Crippen LogP contribution < -0.4 is 5.32 Å². The number of amides is 1. The zero-order valence-corrected chi connectivity index (χ0v) is 14.3. The van der Waals surface area contributed by atoms with Gasteiger partial charge in [-0.2, -0.15) is 13.2 Å². The Balaban J connectivity index is 1.87. The minimum absolute atomic E-state index is 0.0529. The average molecular weight is 356 g/mol. The fourth-order valence-electron chi connectivity index (χ4n) is 2.65. The molecule has 0 saturated carbocycles. The molecule has 1 aromatic rings. The van der Waals surface area contributed by atoms with E-state index in [1.54, 1.807) is 0 Å². The number of carbonyl (C=O) groups is 1. The predicted molar refractivity (Wildman–Crippen MR) is 89.9 cm³/mol. The summed E-state index contributed by atoms with van der Waals surface area (Å²) >= 11 is 0. The maximum atomic E-state index is 12.5. The molecule has 138 valence electrons. The van der Waals surface area contributed by atoms with Gasteiger partial charge in [-0.3, -0.25) is 9.69 Å². The molecule has 0 radical (unpaired) electrons. The number of halogens is 3. The van der Waals surface area contributed by atoms with Crippen molar-refractivity contribution in [3.8, 4) is 0 Å². The van der Waals surface area contributed by atoms with Crippen LogP contribution in [0, 0.1) is 0 Å². The lowest BCUT2D eigenvalue weighted by Crippen LogP contribution is -2.51. The van der Waals surface area contributed by atoms with E-state index in [2.05, 4.69) is 17.1 Å². The molecule has 2 unspecified atom stereocenters. The lowest BCUT2D eigenvalue weighted by molar-refractivity contribution is -0.137. The molecular weight excluding hydrogens is 333 g/mol. The standard InChI is InChI=1S/C18H23F3N2O2/c1-13(14(2)23-9-11-25-12-10-23)22-17(24)8-5-15-3-6-16(7-4-15)18(19,20)21/h3-8,13-14H,9-12H2,1-2H3,(H,22,24). The van der Waals surface area contributed by atoms with E-state index in [1.807, 2.05) is 6.92 Å². The second kappa shape index (κ2) is 8.49. The van der Waals surface area contributed by atoms with Gasteiger partial charge in [0.05, 0.1) is 18.8 Å². The van der Waals surface area contributed by atoms with Crippen molar-refractivity contribution in [2.45, 2.75) is 32.1 Å². The fourth-order valence-corrected chi connectivity index (χ4v) is 2.65. The number of hydrogen-bond acceptors (Lipinski definition) is 3. The molecule has 0 aliphatic carbocycles. The van der Waals surface area contributed by atoms with Gasteiger partial charge < -0.3 is 10.1 Å². The summed E-state index contributed by atoms with van der Waals surface area (Å²) in [6.07, 6.45) is -1.52. The van der Waals surface area contributed by atoms with Crippen LogP contribution >= 0.6 is 0 Å². The maximum absolute atomic E-state index is 12.5. The number of alkyl halides is 3. The Hall–Kier alpha value is -1.86. The highest BCUT2D eigenvalue weighted by atomic mass is 19.4. The van der Waals surface area contributed by atoms with Crippen molar-refractivity contribution in [3.63, 3.8) is 0 Å². The van der Waals surface area contributed by atoms with Crippen molar-refractivity contribution in [3.05, 3.63) is 41.5 Å². The highest BCUT2D eigenvalue weighted by molar-refractivity contribution is 5.91. The minimum Gasteiger partial charge on any atom is -0.379 e. The van der Waals surface area contributed by atoms with Gasteiger partial charge in [0.15, 0.2) is 0 Å². The highest BCUT2D eigenvalue weighted by Crippen LogP contribution is 2.29. The third-order valence-corrected chi connectivity index (χ3v) is 4.38. The van der Waals surface area contributed by atoms with Gasteiger partial charge in [-0.15, -0.1) is 0 Å². The Bertz CT molecular complexity index is 593. The number of rotatable bonds is 5. The Morgan fingerprint density at radius 2 is 1.80 bits per heavy atom. The van der Waals surface area contributed by atoms with E-state index < -0.39 is 11.7 Å². The van der Waals surface area contributed by atoms with Crippen LogP contribution in [0.5, 0.6) is 0 Å². The van der Waals surface area contributed by atoms with Crippen LogP contribution in [-0.4, -0.2) is 49.2 Å². The lowest BCUT2D eigenvalue weighted by atomic mass is 10.1. The first-order chi connectivity index (χ1) is 11.8. The molecule has 2 atom stereocenters. The summed E-state index contributed by atoms with van der Waals surface area (Å²) in [7, 11) is 0. The van der Waals surface area contributed by atoms with Crippen LogP contribution in [0.4, 0.5) is 13.2 Å². The van der Waals surface area contributed by atoms with Gasteiger partial charge in [-0.05, 0) is 37.6 Å². The topological polar surface area (TPSA) is 41.6 Å². The molecule has 4 nitrogen and oxygen atoms in total. The normalized spacial score (nSPS) is 18.9. The summed E-state index contributed by atoms with van der Waals surface area (Å²) in [6.45, 7) is 7.04. The molecule has 1 N–H and O–H groups in total. The molecule has 0 spiro atoms. The molecule has 7 heteroatoms. The van der Waals surface area contributed by atoms with Crippen molar-refractivity contribution in [1.29, 1.82) is 0 Å². The molecule has 0 bridgehead atoms. The Kier molecular flexibility index (Phi) is 6.61. The third kappa shape index (κ3) is 5.86. The zero-order valence-electron chi connectivity index (χ0n) is 14.3. The molecule has 2 rings (SSSR count). The summed E-state index contributed by atoms with van der Waals surface area (Å²) in [5.74, 6) is -0.271. The van der Waals surface area contributed by atoms with E-state index in [1.165, 1.54) is 24.3 Å². The Morgan fingerprint density at radius 3 is 2.36 bits per heavy atom.